The van der Waals surface area contributed by atoms with Gasteiger partial charge in [-0.15, -0.1) is 0 Å². The van der Waals surface area contributed by atoms with E-state index in [1.165, 1.54) is 4.90 Å². The summed E-state index contributed by atoms with van der Waals surface area (Å²) in [7, 11) is 1.74. The molecular weight excluding hydrogens is 328 g/mol. The van der Waals surface area contributed by atoms with Gasteiger partial charge in [0, 0.05) is 26.7 Å². The zero-order valence-electron chi connectivity index (χ0n) is 16.4. The highest BCUT2D eigenvalue weighted by atomic mass is 16.2. The molecule has 6 nitrogen and oxygen atoms in total. The highest BCUT2D eigenvalue weighted by molar-refractivity contribution is 6.06. The van der Waals surface area contributed by atoms with Crippen LogP contribution in [0.1, 0.15) is 40.0 Å². The van der Waals surface area contributed by atoms with Gasteiger partial charge >= 0.3 is 0 Å². The van der Waals surface area contributed by atoms with Gasteiger partial charge in [-0.25, -0.2) is 0 Å². The van der Waals surface area contributed by atoms with E-state index in [0.717, 1.165) is 31.8 Å². The van der Waals surface area contributed by atoms with Crippen molar-refractivity contribution in [3.63, 3.8) is 0 Å². The molecule has 0 aromatic carbocycles. The summed E-state index contributed by atoms with van der Waals surface area (Å²) in [5.41, 5.74) is 0.335. The number of nitrogens with one attached hydrogen (secondary N) is 2. The molecule has 0 radical (unpaired) electrons. The first kappa shape index (κ1) is 18.9. The molecule has 6 heteroatoms. The van der Waals surface area contributed by atoms with Gasteiger partial charge in [0.2, 0.25) is 11.8 Å². The lowest BCUT2D eigenvalue weighted by Crippen LogP contribution is -2.44. The molecule has 0 aromatic heterocycles. The minimum atomic E-state index is -0.104. The molecular formula is C20H32N4O2. The summed E-state index contributed by atoms with van der Waals surface area (Å²) in [5.74, 6) is 1.10. The molecule has 1 heterocycles. The fourth-order valence-corrected chi connectivity index (χ4v) is 4.52. The number of aliphatic imine (C=N–C) groups is 1. The Morgan fingerprint density at radius 2 is 1.69 bits per heavy atom. The number of likely N-dealkylation sites (tertiary alicyclic amines) is 1. The monoisotopic (exact) mass is 360 g/mol. The molecule has 2 N–H and O–H groups in total. The summed E-state index contributed by atoms with van der Waals surface area (Å²) < 4.78 is 0. The Hall–Kier alpha value is -1.85. The third-order valence-corrected chi connectivity index (χ3v) is 5.81. The first-order valence-corrected chi connectivity index (χ1v) is 9.80. The number of fused-ring (bicyclic) bond motifs is 5. The first-order chi connectivity index (χ1) is 12.3. The molecule has 1 saturated heterocycles. The molecule has 2 fully saturated rings. The zero-order valence-corrected chi connectivity index (χ0v) is 16.4. The molecule has 4 atom stereocenters. The third-order valence-electron chi connectivity index (χ3n) is 5.81. The predicted octanol–water partition coefficient (Wildman–Crippen LogP) is 1.78. The summed E-state index contributed by atoms with van der Waals surface area (Å²) >= 11 is 0. The Labute approximate surface area is 156 Å². The smallest absolute Gasteiger partial charge is 0.233 e. The lowest BCUT2D eigenvalue weighted by atomic mass is 9.85. The Kier molecular flexibility index (Phi) is 5.39. The van der Waals surface area contributed by atoms with E-state index in [1.54, 1.807) is 7.05 Å². The van der Waals surface area contributed by atoms with E-state index in [-0.39, 0.29) is 35.5 Å². The second kappa shape index (κ2) is 7.41. The van der Waals surface area contributed by atoms with Gasteiger partial charge in [0.05, 0.1) is 11.8 Å². The van der Waals surface area contributed by atoms with E-state index in [1.807, 2.05) is 0 Å². The highest BCUT2D eigenvalue weighted by Gasteiger charge is 2.58. The number of hydrogen-bond acceptors (Lipinski definition) is 3. The SMILES string of the molecule is CN=C(NCCCC(C)(C)C)NCCN1C(=O)C2C3C=CC(C3)C2C1=O. The van der Waals surface area contributed by atoms with Gasteiger partial charge in [0.1, 0.15) is 0 Å². The second-order valence-electron chi connectivity index (χ2n) is 8.92. The van der Waals surface area contributed by atoms with Crippen LogP contribution in [-0.2, 0) is 9.59 Å². The Morgan fingerprint density at radius 3 is 2.23 bits per heavy atom. The summed E-state index contributed by atoms with van der Waals surface area (Å²) in [4.78, 5) is 30.9. The molecule has 26 heavy (non-hydrogen) atoms. The van der Waals surface area contributed by atoms with Crippen molar-refractivity contribution < 1.29 is 9.59 Å². The van der Waals surface area contributed by atoms with Crippen molar-refractivity contribution >= 4 is 17.8 Å². The Bertz CT molecular complexity index is 590. The number of imide groups is 1. The standard InChI is InChI=1S/C20H32N4O2/c1-20(2,3)8-5-9-22-19(21-4)23-10-11-24-17(25)15-13-6-7-14(12-13)16(15)18(24)26/h6-7,13-16H,5,8-12H2,1-4H3,(H2,21,22,23). The number of rotatable bonds is 6. The van der Waals surface area contributed by atoms with Crippen LogP contribution in [0.2, 0.25) is 0 Å². The minimum Gasteiger partial charge on any atom is -0.356 e. The predicted molar refractivity (Wildman–Crippen MR) is 102 cm³/mol. The zero-order chi connectivity index (χ0) is 18.9. The van der Waals surface area contributed by atoms with Crippen molar-refractivity contribution in [1.29, 1.82) is 0 Å². The molecule has 2 amide bonds. The Balaban J connectivity index is 1.42. The van der Waals surface area contributed by atoms with Crippen molar-refractivity contribution in [2.45, 2.75) is 40.0 Å². The van der Waals surface area contributed by atoms with E-state index in [4.69, 9.17) is 0 Å². The van der Waals surface area contributed by atoms with Gasteiger partial charge in [-0.2, -0.15) is 0 Å². The van der Waals surface area contributed by atoms with Crippen LogP contribution in [0, 0.1) is 29.1 Å². The van der Waals surface area contributed by atoms with Crippen molar-refractivity contribution in [2.75, 3.05) is 26.7 Å². The number of guanidine groups is 1. The van der Waals surface area contributed by atoms with E-state index in [0.29, 0.717) is 18.5 Å². The molecule has 3 rings (SSSR count). The van der Waals surface area contributed by atoms with E-state index >= 15 is 0 Å². The van der Waals surface area contributed by atoms with Gasteiger partial charge in [-0.1, -0.05) is 32.9 Å². The highest BCUT2D eigenvalue weighted by Crippen LogP contribution is 2.52. The topological polar surface area (TPSA) is 73.8 Å². The van der Waals surface area contributed by atoms with Gasteiger partial charge in [-0.05, 0) is 36.5 Å². The first-order valence-electron chi connectivity index (χ1n) is 9.80. The van der Waals surface area contributed by atoms with Crippen molar-refractivity contribution in [1.82, 2.24) is 15.5 Å². The van der Waals surface area contributed by atoms with Crippen LogP contribution in [0.5, 0.6) is 0 Å². The summed E-state index contributed by atoms with van der Waals surface area (Å²) in [5, 5.41) is 6.51. The number of hydrogen-bond donors (Lipinski definition) is 2. The Morgan fingerprint density at radius 1 is 1.12 bits per heavy atom. The summed E-state index contributed by atoms with van der Waals surface area (Å²) in [6, 6.07) is 0. The van der Waals surface area contributed by atoms with E-state index in [9.17, 15) is 9.59 Å². The number of carbonyl (C=O) groups excluding carboxylic acids is 2. The lowest BCUT2D eigenvalue weighted by molar-refractivity contribution is -0.140. The van der Waals surface area contributed by atoms with E-state index < -0.39 is 0 Å². The molecule has 144 valence electrons. The fourth-order valence-electron chi connectivity index (χ4n) is 4.52. The van der Waals surface area contributed by atoms with E-state index in [2.05, 4.69) is 48.5 Å². The fraction of sp³-hybridized carbons (Fsp3) is 0.750. The minimum absolute atomic E-state index is 0.0202. The van der Waals surface area contributed by atoms with Crippen LogP contribution in [0.3, 0.4) is 0 Å². The van der Waals surface area contributed by atoms with Crippen LogP contribution in [-0.4, -0.2) is 49.4 Å². The molecule has 0 aromatic rings. The maximum Gasteiger partial charge on any atom is 0.233 e. The van der Waals surface area contributed by atoms with Gasteiger partial charge < -0.3 is 10.6 Å². The van der Waals surface area contributed by atoms with Crippen LogP contribution in [0.4, 0.5) is 0 Å². The quantitative estimate of drug-likeness (QED) is 0.249. The molecule has 1 saturated carbocycles. The molecule has 0 spiro atoms. The molecule has 2 aliphatic carbocycles. The van der Waals surface area contributed by atoms with Crippen LogP contribution in [0.15, 0.2) is 17.1 Å². The van der Waals surface area contributed by atoms with Gasteiger partial charge in [0.15, 0.2) is 5.96 Å². The summed E-state index contributed by atoms with van der Waals surface area (Å²) in [6.45, 7) is 8.51. The third kappa shape index (κ3) is 3.79. The van der Waals surface area contributed by atoms with Gasteiger partial charge in [0.25, 0.3) is 0 Å². The molecule has 3 aliphatic rings. The number of carbonyl (C=O) groups is 2. The molecule has 4 unspecified atom stereocenters. The number of allylic oxidation sites excluding steroid dienone is 2. The normalized spacial score (nSPS) is 30.3. The molecule has 2 bridgehead atoms. The molecule has 1 aliphatic heterocycles. The average Bonchev–Trinajstić information content (AvgIpc) is 3.25. The largest absolute Gasteiger partial charge is 0.356 e. The number of amides is 2. The van der Waals surface area contributed by atoms with Crippen LogP contribution < -0.4 is 10.6 Å². The van der Waals surface area contributed by atoms with Gasteiger partial charge in [-0.3, -0.25) is 19.5 Å². The van der Waals surface area contributed by atoms with Crippen LogP contribution in [0.25, 0.3) is 0 Å². The summed E-state index contributed by atoms with van der Waals surface area (Å²) in [6.07, 6.45) is 7.45. The van der Waals surface area contributed by atoms with Crippen LogP contribution >= 0.6 is 0 Å². The maximum absolute atomic E-state index is 12.6. The van der Waals surface area contributed by atoms with Crippen molar-refractivity contribution in [2.24, 2.45) is 34.1 Å². The van der Waals surface area contributed by atoms with Crippen molar-refractivity contribution in [3.8, 4) is 0 Å². The number of nitrogens with zero attached hydrogens (tertiary/aromatic N) is 2. The average molecular weight is 361 g/mol. The van der Waals surface area contributed by atoms with Crippen molar-refractivity contribution in [3.05, 3.63) is 12.2 Å². The second-order valence-corrected chi connectivity index (χ2v) is 8.92. The maximum atomic E-state index is 12.6. The lowest BCUT2D eigenvalue weighted by Gasteiger charge is -2.20.